The minimum atomic E-state index is -0.486. The molecule has 4 rings (SSSR count). The average Bonchev–Trinajstić information content (AvgIpc) is 3.18. The fraction of sp³-hybridized carbons (Fsp3) is 0.524. The quantitative estimate of drug-likeness (QED) is 0.694. The molecule has 2 aromatic rings. The molecule has 0 spiro atoms. The van der Waals surface area contributed by atoms with Crippen LogP contribution in [0.2, 0.25) is 0 Å². The topological polar surface area (TPSA) is 67.0 Å². The van der Waals surface area contributed by atoms with Gasteiger partial charge in [0.1, 0.15) is 11.4 Å². The molecule has 144 valence electrons. The summed E-state index contributed by atoms with van der Waals surface area (Å²) in [5.74, 6) is 1.20. The van der Waals surface area contributed by atoms with Gasteiger partial charge < -0.3 is 15.0 Å². The van der Waals surface area contributed by atoms with Gasteiger partial charge in [0.25, 0.3) is 0 Å². The third-order valence-electron chi connectivity index (χ3n) is 5.33. The summed E-state index contributed by atoms with van der Waals surface area (Å²) in [6.45, 7) is 5.65. The molecule has 1 aromatic carbocycles. The number of aryl methyl sites for hydroxylation is 2. The van der Waals surface area contributed by atoms with Crippen LogP contribution in [0.1, 0.15) is 63.0 Å². The molecule has 0 bridgehead atoms. The zero-order chi connectivity index (χ0) is 19.2. The Hall–Kier alpha value is -1.82. The van der Waals surface area contributed by atoms with Crippen LogP contribution in [0.5, 0.6) is 0 Å². The van der Waals surface area contributed by atoms with Crippen molar-refractivity contribution in [2.24, 2.45) is 0 Å². The van der Waals surface area contributed by atoms with E-state index in [-0.39, 0.29) is 18.1 Å². The predicted octanol–water partition coefficient (Wildman–Crippen LogP) is 5.10. The second-order valence-corrected chi connectivity index (χ2v) is 9.46. The first-order valence-corrected chi connectivity index (χ1v) is 10.5. The van der Waals surface area contributed by atoms with Crippen LogP contribution in [0.25, 0.3) is 11.3 Å². The van der Waals surface area contributed by atoms with Gasteiger partial charge in [-0.3, -0.25) is 0 Å². The maximum Gasteiger partial charge on any atom is 0.407 e. The zero-order valence-corrected chi connectivity index (χ0v) is 17.6. The Morgan fingerprint density at radius 2 is 2.11 bits per heavy atom. The summed E-state index contributed by atoms with van der Waals surface area (Å²) in [4.78, 5) is 20.8. The molecule has 1 amide bonds. The molecule has 2 N–H and O–H groups in total. The smallest absolute Gasteiger partial charge is 0.407 e. The molecule has 5 nitrogen and oxygen atoms in total. The van der Waals surface area contributed by atoms with Crippen LogP contribution in [0.3, 0.4) is 0 Å². The largest absolute Gasteiger partial charge is 0.444 e. The third-order valence-corrected chi connectivity index (χ3v) is 5.83. The molecular weight excluding hydrogens is 406 g/mol. The van der Waals surface area contributed by atoms with E-state index in [2.05, 4.69) is 44.4 Å². The maximum absolute atomic E-state index is 12.2. The van der Waals surface area contributed by atoms with Crippen LogP contribution in [0, 0.1) is 0 Å². The summed E-state index contributed by atoms with van der Waals surface area (Å²) in [5, 5.41) is 3.06. The standard InChI is InChI=1S/C21H26BrN3O2/c1-21(2,3)27-20(26)24-16-6-4-5-15(16)19-23-17-10-7-12-11-13(22)8-9-14(12)18(17)25-19/h8-9,11,15-16H,4-7,10H2,1-3H3,(H,23,25)(H,24,26)/t15-,16+/m1/s1. The van der Waals surface area contributed by atoms with Crippen molar-refractivity contribution in [1.29, 1.82) is 0 Å². The number of imidazole rings is 1. The van der Waals surface area contributed by atoms with Crippen molar-refractivity contribution in [2.45, 2.75) is 70.4 Å². The third kappa shape index (κ3) is 3.91. The highest BCUT2D eigenvalue weighted by molar-refractivity contribution is 9.10. The number of aromatic amines is 1. The molecule has 0 radical (unpaired) electrons. The van der Waals surface area contributed by atoms with E-state index in [0.29, 0.717) is 0 Å². The van der Waals surface area contributed by atoms with Gasteiger partial charge in [0.2, 0.25) is 0 Å². The first-order valence-electron chi connectivity index (χ1n) is 9.67. The predicted molar refractivity (Wildman–Crippen MR) is 109 cm³/mol. The van der Waals surface area contributed by atoms with Gasteiger partial charge in [-0.15, -0.1) is 0 Å². The normalized spacial score (nSPS) is 21.5. The molecule has 0 aliphatic heterocycles. The first kappa shape index (κ1) is 18.5. The number of carbonyl (C=O) groups is 1. The SMILES string of the molecule is CC(C)(C)OC(=O)N[C@H]1CCC[C@H]1c1nc2c([nH]1)CCc1cc(Br)ccc1-2. The number of alkyl carbamates (subject to hydrolysis) is 1. The van der Waals surface area contributed by atoms with E-state index in [1.807, 2.05) is 20.8 Å². The molecule has 1 aromatic heterocycles. The monoisotopic (exact) mass is 431 g/mol. The first-order chi connectivity index (χ1) is 12.8. The molecule has 27 heavy (non-hydrogen) atoms. The molecule has 2 aliphatic carbocycles. The number of nitrogens with one attached hydrogen (secondary N) is 2. The van der Waals surface area contributed by atoms with Crippen molar-refractivity contribution in [3.05, 3.63) is 39.8 Å². The molecule has 1 heterocycles. The summed E-state index contributed by atoms with van der Waals surface area (Å²) < 4.78 is 6.55. The number of H-pyrrole nitrogens is 1. The van der Waals surface area contributed by atoms with Gasteiger partial charge in [-0.1, -0.05) is 28.4 Å². The van der Waals surface area contributed by atoms with Crippen molar-refractivity contribution in [3.8, 4) is 11.3 Å². The molecule has 2 atom stereocenters. The second-order valence-electron chi connectivity index (χ2n) is 8.54. The summed E-state index contributed by atoms with van der Waals surface area (Å²) in [6, 6.07) is 6.48. The van der Waals surface area contributed by atoms with Crippen LogP contribution < -0.4 is 5.32 Å². The van der Waals surface area contributed by atoms with Gasteiger partial charge in [-0.25, -0.2) is 9.78 Å². The zero-order valence-electron chi connectivity index (χ0n) is 16.1. The molecule has 0 saturated heterocycles. The molecule has 1 fully saturated rings. The van der Waals surface area contributed by atoms with Crippen LogP contribution in [0.4, 0.5) is 4.79 Å². The lowest BCUT2D eigenvalue weighted by atomic mass is 9.92. The molecule has 2 aliphatic rings. The van der Waals surface area contributed by atoms with Gasteiger partial charge in [0.05, 0.1) is 5.69 Å². The summed E-state index contributed by atoms with van der Waals surface area (Å²) in [5.41, 5.74) is 4.35. The molecule has 1 saturated carbocycles. The highest BCUT2D eigenvalue weighted by atomic mass is 79.9. The number of hydrogen-bond acceptors (Lipinski definition) is 3. The highest BCUT2D eigenvalue weighted by Crippen LogP contribution is 2.38. The Balaban J connectivity index is 1.56. The average molecular weight is 432 g/mol. The Morgan fingerprint density at radius 1 is 1.30 bits per heavy atom. The number of halogens is 1. The Morgan fingerprint density at radius 3 is 2.89 bits per heavy atom. The van der Waals surface area contributed by atoms with Gasteiger partial charge in [-0.2, -0.15) is 0 Å². The lowest BCUT2D eigenvalue weighted by Gasteiger charge is -2.24. The van der Waals surface area contributed by atoms with E-state index < -0.39 is 5.60 Å². The fourth-order valence-corrected chi connectivity index (χ4v) is 4.60. The number of fused-ring (bicyclic) bond motifs is 3. The fourth-order valence-electron chi connectivity index (χ4n) is 4.19. The van der Waals surface area contributed by atoms with Crippen molar-refractivity contribution in [1.82, 2.24) is 15.3 Å². The number of rotatable bonds is 2. The van der Waals surface area contributed by atoms with E-state index in [0.717, 1.165) is 48.1 Å². The summed E-state index contributed by atoms with van der Waals surface area (Å²) in [6.07, 6.45) is 4.72. The lowest BCUT2D eigenvalue weighted by molar-refractivity contribution is 0.0500. The number of carbonyl (C=O) groups excluding carboxylic acids is 1. The minimum absolute atomic E-state index is 0.0665. The van der Waals surface area contributed by atoms with Crippen LogP contribution in [-0.4, -0.2) is 27.7 Å². The van der Waals surface area contributed by atoms with Crippen molar-refractivity contribution < 1.29 is 9.53 Å². The van der Waals surface area contributed by atoms with E-state index >= 15 is 0 Å². The number of ether oxygens (including phenoxy) is 1. The van der Waals surface area contributed by atoms with Crippen molar-refractivity contribution in [2.75, 3.05) is 0 Å². The lowest BCUT2D eigenvalue weighted by Crippen LogP contribution is -2.40. The summed E-state index contributed by atoms with van der Waals surface area (Å²) >= 11 is 3.56. The number of nitrogens with zero attached hydrogens (tertiary/aromatic N) is 1. The number of benzene rings is 1. The van der Waals surface area contributed by atoms with Crippen molar-refractivity contribution >= 4 is 22.0 Å². The van der Waals surface area contributed by atoms with Gasteiger partial charge in [0.15, 0.2) is 0 Å². The Bertz CT molecular complexity index is 869. The van der Waals surface area contributed by atoms with Crippen LogP contribution in [0.15, 0.2) is 22.7 Å². The van der Waals surface area contributed by atoms with Gasteiger partial charge in [0, 0.05) is 27.7 Å². The Kier molecular flexibility index (Phi) is 4.78. The number of hydrogen-bond donors (Lipinski definition) is 2. The minimum Gasteiger partial charge on any atom is -0.444 e. The number of aromatic nitrogens is 2. The molecule has 6 heteroatoms. The van der Waals surface area contributed by atoms with Crippen LogP contribution >= 0.6 is 15.9 Å². The maximum atomic E-state index is 12.2. The van der Waals surface area contributed by atoms with Gasteiger partial charge in [-0.05, 0) is 64.2 Å². The van der Waals surface area contributed by atoms with E-state index in [1.54, 1.807) is 0 Å². The molecular formula is C21H26BrN3O2. The van der Waals surface area contributed by atoms with E-state index in [9.17, 15) is 4.79 Å². The van der Waals surface area contributed by atoms with E-state index in [4.69, 9.17) is 9.72 Å². The second kappa shape index (κ2) is 6.97. The van der Waals surface area contributed by atoms with Crippen molar-refractivity contribution in [3.63, 3.8) is 0 Å². The van der Waals surface area contributed by atoms with E-state index in [1.165, 1.54) is 16.8 Å². The summed E-state index contributed by atoms with van der Waals surface area (Å²) in [7, 11) is 0. The molecule has 0 unspecified atom stereocenters. The van der Waals surface area contributed by atoms with Crippen LogP contribution in [-0.2, 0) is 17.6 Å². The number of amides is 1. The highest BCUT2D eigenvalue weighted by Gasteiger charge is 2.34. The van der Waals surface area contributed by atoms with Gasteiger partial charge >= 0.3 is 6.09 Å². The Labute approximate surface area is 168 Å².